The van der Waals surface area contributed by atoms with E-state index < -0.39 is 0 Å². The van der Waals surface area contributed by atoms with Gasteiger partial charge in [-0.05, 0) is 24.5 Å². The van der Waals surface area contributed by atoms with Gasteiger partial charge in [-0.15, -0.1) is 0 Å². The van der Waals surface area contributed by atoms with Gasteiger partial charge in [0.05, 0.1) is 12.5 Å². The largest absolute Gasteiger partial charge is 0.465 e. The van der Waals surface area contributed by atoms with E-state index in [0.717, 1.165) is 18.4 Å². The molecule has 1 unspecified atom stereocenters. The van der Waals surface area contributed by atoms with E-state index in [4.69, 9.17) is 4.74 Å². The predicted molar refractivity (Wildman–Crippen MR) is 61.1 cm³/mol. The third kappa shape index (κ3) is 1.48. The first-order chi connectivity index (χ1) is 7.84. The number of carbonyl (C=O) groups excluding carboxylic acids is 1. The van der Waals surface area contributed by atoms with E-state index >= 15 is 0 Å². The third-order valence-electron chi connectivity index (χ3n) is 3.19. The van der Waals surface area contributed by atoms with Gasteiger partial charge in [-0.25, -0.2) is 0 Å². The normalized spacial score (nSPS) is 20.2. The molecule has 0 aliphatic carbocycles. The SMILES string of the molecule is O=C1OCCC1Cc1c[nH]c2ccccc12. The number of benzene rings is 1. The quantitative estimate of drug-likeness (QED) is 0.781. The lowest BCUT2D eigenvalue weighted by molar-refractivity contribution is -0.141. The number of esters is 1. The molecular weight excluding hydrogens is 202 g/mol. The number of para-hydroxylation sites is 1. The molecule has 2 aromatic rings. The van der Waals surface area contributed by atoms with Crippen LogP contribution >= 0.6 is 0 Å². The molecule has 1 N–H and O–H groups in total. The van der Waals surface area contributed by atoms with Crippen molar-refractivity contribution in [1.29, 1.82) is 0 Å². The number of rotatable bonds is 2. The van der Waals surface area contributed by atoms with Crippen LogP contribution in [-0.2, 0) is 16.0 Å². The summed E-state index contributed by atoms with van der Waals surface area (Å²) in [6.45, 7) is 0.575. The summed E-state index contributed by atoms with van der Waals surface area (Å²) in [5.74, 6) is -0.00973. The van der Waals surface area contributed by atoms with Gasteiger partial charge in [0.15, 0.2) is 0 Å². The molecule has 0 amide bonds. The van der Waals surface area contributed by atoms with Crippen LogP contribution in [0.15, 0.2) is 30.5 Å². The highest BCUT2D eigenvalue weighted by molar-refractivity contribution is 5.84. The van der Waals surface area contributed by atoms with Gasteiger partial charge in [-0.2, -0.15) is 0 Å². The van der Waals surface area contributed by atoms with Crippen molar-refractivity contribution in [2.75, 3.05) is 6.61 Å². The number of nitrogens with one attached hydrogen (secondary N) is 1. The molecule has 82 valence electrons. The molecule has 1 saturated heterocycles. The van der Waals surface area contributed by atoms with Crippen molar-refractivity contribution in [3.05, 3.63) is 36.0 Å². The zero-order valence-electron chi connectivity index (χ0n) is 8.90. The highest BCUT2D eigenvalue weighted by atomic mass is 16.5. The van der Waals surface area contributed by atoms with Gasteiger partial charge in [-0.1, -0.05) is 18.2 Å². The average molecular weight is 215 g/mol. The molecule has 0 radical (unpaired) electrons. The zero-order valence-corrected chi connectivity index (χ0v) is 8.90. The summed E-state index contributed by atoms with van der Waals surface area (Å²) in [5, 5.41) is 1.21. The number of aromatic nitrogens is 1. The minimum Gasteiger partial charge on any atom is -0.465 e. The van der Waals surface area contributed by atoms with E-state index in [1.807, 2.05) is 24.4 Å². The molecule has 1 aromatic carbocycles. The van der Waals surface area contributed by atoms with Gasteiger partial charge in [0.2, 0.25) is 0 Å². The van der Waals surface area contributed by atoms with Crippen molar-refractivity contribution in [3.63, 3.8) is 0 Å². The van der Waals surface area contributed by atoms with Crippen LogP contribution in [0.25, 0.3) is 10.9 Å². The standard InChI is InChI=1S/C13H13NO2/c15-13-9(5-6-16-13)7-10-8-14-12-4-2-1-3-11(10)12/h1-4,8-9,14H,5-7H2. The summed E-state index contributed by atoms with van der Waals surface area (Å²) in [5.41, 5.74) is 2.34. The Labute approximate surface area is 93.4 Å². The van der Waals surface area contributed by atoms with Crippen LogP contribution in [0.5, 0.6) is 0 Å². The van der Waals surface area contributed by atoms with Crippen molar-refractivity contribution in [2.45, 2.75) is 12.8 Å². The van der Waals surface area contributed by atoms with Crippen molar-refractivity contribution in [2.24, 2.45) is 5.92 Å². The van der Waals surface area contributed by atoms with Gasteiger partial charge < -0.3 is 9.72 Å². The van der Waals surface area contributed by atoms with Crippen LogP contribution in [0.2, 0.25) is 0 Å². The minimum absolute atomic E-state index is 0.0409. The van der Waals surface area contributed by atoms with Crippen LogP contribution in [0.1, 0.15) is 12.0 Å². The number of fused-ring (bicyclic) bond motifs is 1. The molecule has 3 heteroatoms. The van der Waals surface area contributed by atoms with Crippen LogP contribution < -0.4 is 0 Å². The third-order valence-corrected chi connectivity index (χ3v) is 3.19. The smallest absolute Gasteiger partial charge is 0.309 e. The van der Waals surface area contributed by atoms with E-state index in [0.29, 0.717) is 6.61 Å². The maximum absolute atomic E-state index is 11.4. The van der Waals surface area contributed by atoms with E-state index in [-0.39, 0.29) is 11.9 Å². The predicted octanol–water partition coefficient (Wildman–Crippen LogP) is 2.27. The molecule has 0 saturated carbocycles. The number of cyclic esters (lactones) is 1. The zero-order chi connectivity index (χ0) is 11.0. The van der Waals surface area contributed by atoms with Crippen molar-refractivity contribution < 1.29 is 9.53 Å². The van der Waals surface area contributed by atoms with Gasteiger partial charge in [0, 0.05) is 17.1 Å². The maximum atomic E-state index is 11.4. The Hall–Kier alpha value is -1.77. The molecule has 2 heterocycles. The topological polar surface area (TPSA) is 42.1 Å². The van der Waals surface area contributed by atoms with Crippen LogP contribution in [0, 0.1) is 5.92 Å². The fourth-order valence-corrected chi connectivity index (χ4v) is 2.29. The number of hydrogen-bond acceptors (Lipinski definition) is 2. The van der Waals surface area contributed by atoms with Crippen molar-refractivity contribution in [3.8, 4) is 0 Å². The Balaban J connectivity index is 1.92. The molecule has 16 heavy (non-hydrogen) atoms. The lowest BCUT2D eigenvalue weighted by atomic mass is 9.98. The van der Waals surface area contributed by atoms with Crippen LogP contribution in [0.4, 0.5) is 0 Å². The fraction of sp³-hybridized carbons (Fsp3) is 0.308. The first-order valence-electron chi connectivity index (χ1n) is 5.56. The molecule has 3 rings (SSSR count). The summed E-state index contributed by atoms with van der Waals surface area (Å²) in [7, 11) is 0. The van der Waals surface area contributed by atoms with Crippen LogP contribution in [0.3, 0.4) is 0 Å². The van der Waals surface area contributed by atoms with Crippen molar-refractivity contribution >= 4 is 16.9 Å². The molecule has 1 aliphatic rings. The number of aromatic amines is 1. The van der Waals surface area contributed by atoms with Gasteiger partial charge in [0.1, 0.15) is 0 Å². The highest BCUT2D eigenvalue weighted by Gasteiger charge is 2.27. The number of hydrogen-bond donors (Lipinski definition) is 1. The van der Waals surface area contributed by atoms with Gasteiger partial charge >= 0.3 is 5.97 Å². The first kappa shape index (κ1) is 9.46. The fourth-order valence-electron chi connectivity index (χ4n) is 2.29. The minimum atomic E-state index is -0.0507. The Morgan fingerprint density at radius 1 is 1.38 bits per heavy atom. The van der Waals surface area contributed by atoms with Crippen molar-refractivity contribution in [1.82, 2.24) is 4.98 Å². The molecule has 1 aliphatic heterocycles. The first-order valence-corrected chi connectivity index (χ1v) is 5.56. The van der Waals surface area contributed by atoms with E-state index in [1.165, 1.54) is 10.9 Å². The van der Waals surface area contributed by atoms with E-state index in [2.05, 4.69) is 11.1 Å². The Morgan fingerprint density at radius 2 is 2.25 bits per heavy atom. The summed E-state index contributed by atoms with van der Waals surface area (Å²) >= 11 is 0. The molecule has 0 spiro atoms. The second-order valence-electron chi connectivity index (χ2n) is 4.22. The average Bonchev–Trinajstić information content (AvgIpc) is 2.88. The summed E-state index contributed by atoms with van der Waals surface area (Å²) < 4.78 is 4.98. The Bertz CT molecular complexity index is 529. The molecule has 1 aromatic heterocycles. The lowest BCUT2D eigenvalue weighted by Gasteiger charge is -2.03. The number of H-pyrrole nitrogens is 1. The van der Waals surface area contributed by atoms with Gasteiger partial charge in [0.25, 0.3) is 0 Å². The molecule has 0 bridgehead atoms. The number of carbonyl (C=O) groups is 1. The van der Waals surface area contributed by atoms with E-state index in [1.54, 1.807) is 0 Å². The Morgan fingerprint density at radius 3 is 3.06 bits per heavy atom. The summed E-state index contributed by atoms with van der Waals surface area (Å²) in [6, 6.07) is 8.16. The monoisotopic (exact) mass is 215 g/mol. The second kappa shape index (κ2) is 3.67. The summed E-state index contributed by atoms with van der Waals surface area (Å²) in [6.07, 6.45) is 3.62. The second-order valence-corrected chi connectivity index (χ2v) is 4.22. The molecule has 3 nitrogen and oxygen atoms in total. The van der Waals surface area contributed by atoms with Gasteiger partial charge in [-0.3, -0.25) is 4.79 Å². The molecule has 1 fully saturated rings. The van der Waals surface area contributed by atoms with Crippen LogP contribution in [-0.4, -0.2) is 17.6 Å². The summed E-state index contributed by atoms with van der Waals surface area (Å²) in [4.78, 5) is 14.6. The highest BCUT2D eigenvalue weighted by Crippen LogP contribution is 2.24. The Kier molecular flexibility index (Phi) is 2.17. The molecular formula is C13H13NO2. The molecule has 1 atom stereocenters. The lowest BCUT2D eigenvalue weighted by Crippen LogP contribution is -2.10. The maximum Gasteiger partial charge on any atom is 0.309 e. The van der Waals surface area contributed by atoms with E-state index in [9.17, 15) is 4.79 Å². The number of ether oxygens (including phenoxy) is 1.